The molecule has 0 saturated heterocycles. The molecule has 3 aromatic rings. The van der Waals surface area contributed by atoms with E-state index in [1.807, 2.05) is 39.8 Å². The van der Waals surface area contributed by atoms with Gasteiger partial charge in [-0.1, -0.05) is 19.8 Å². The number of hydrogen-bond donors (Lipinski definition) is 3. The van der Waals surface area contributed by atoms with E-state index in [2.05, 4.69) is 37.8 Å². The molecule has 0 aliphatic heterocycles. The highest BCUT2D eigenvalue weighted by molar-refractivity contribution is 6.00. The van der Waals surface area contributed by atoms with Gasteiger partial charge in [0.05, 0.1) is 23.3 Å². The van der Waals surface area contributed by atoms with Crippen molar-refractivity contribution in [3.63, 3.8) is 0 Å². The minimum Gasteiger partial charge on any atom is -0.339 e. The summed E-state index contributed by atoms with van der Waals surface area (Å²) in [5.41, 5.74) is 4.63. The maximum atomic E-state index is 13.4. The summed E-state index contributed by atoms with van der Waals surface area (Å²) in [5, 5.41) is 17.5. The largest absolute Gasteiger partial charge is 0.339 e. The topological polar surface area (TPSA) is 118 Å². The third-order valence-electron chi connectivity index (χ3n) is 6.91. The minimum absolute atomic E-state index is 0.0423. The number of amides is 2. The van der Waals surface area contributed by atoms with Gasteiger partial charge in [-0.3, -0.25) is 24.4 Å². The first kappa shape index (κ1) is 24.6. The zero-order valence-corrected chi connectivity index (χ0v) is 21.1. The van der Waals surface area contributed by atoms with Crippen LogP contribution in [-0.4, -0.2) is 42.8 Å². The number of H-pyrrole nitrogens is 1. The molecule has 0 aromatic carbocycles. The van der Waals surface area contributed by atoms with Gasteiger partial charge in [-0.2, -0.15) is 10.2 Å². The van der Waals surface area contributed by atoms with E-state index < -0.39 is 6.04 Å². The molecule has 9 heteroatoms. The predicted octanol–water partition coefficient (Wildman–Crippen LogP) is 4.43. The van der Waals surface area contributed by atoms with Gasteiger partial charge in [0.1, 0.15) is 11.7 Å². The van der Waals surface area contributed by atoms with Gasteiger partial charge in [-0.25, -0.2) is 0 Å². The fourth-order valence-electron chi connectivity index (χ4n) is 4.90. The number of aromatic amines is 1. The molecule has 186 valence electrons. The summed E-state index contributed by atoms with van der Waals surface area (Å²) in [4.78, 5) is 31.2. The third kappa shape index (κ3) is 5.44. The molecule has 3 heterocycles. The van der Waals surface area contributed by atoms with Crippen molar-refractivity contribution in [3.05, 3.63) is 47.7 Å². The number of nitrogens with zero attached hydrogens (tertiary/aromatic N) is 4. The van der Waals surface area contributed by atoms with Crippen molar-refractivity contribution in [2.45, 2.75) is 72.4 Å². The van der Waals surface area contributed by atoms with Gasteiger partial charge in [-0.05, 0) is 70.6 Å². The SMILES string of the molecule is Cc1n[nH]c(C)c1-c1ccc(NC(=O)[C@@H](NC(=O)c2ccnn2C(C)C)[C@H]2CC[C@H](C)CC2)cn1. The molecule has 1 fully saturated rings. The van der Waals surface area contributed by atoms with E-state index in [4.69, 9.17) is 0 Å². The van der Waals surface area contributed by atoms with Crippen molar-refractivity contribution in [2.24, 2.45) is 11.8 Å². The van der Waals surface area contributed by atoms with Gasteiger partial charge in [0, 0.05) is 23.5 Å². The Morgan fingerprint density at radius 1 is 1.11 bits per heavy atom. The molecule has 1 aliphatic carbocycles. The Hall–Kier alpha value is -3.49. The molecule has 1 saturated carbocycles. The smallest absolute Gasteiger partial charge is 0.270 e. The first-order valence-electron chi connectivity index (χ1n) is 12.4. The Kier molecular flexibility index (Phi) is 7.33. The molecular weight excluding hydrogens is 442 g/mol. The van der Waals surface area contributed by atoms with Crippen LogP contribution in [0.4, 0.5) is 5.69 Å². The highest BCUT2D eigenvalue weighted by atomic mass is 16.2. The van der Waals surface area contributed by atoms with E-state index in [0.717, 1.165) is 48.3 Å². The average Bonchev–Trinajstić information content (AvgIpc) is 3.45. The van der Waals surface area contributed by atoms with Crippen LogP contribution in [-0.2, 0) is 4.79 Å². The Labute approximate surface area is 206 Å². The Bertz CT molecular complexity index is 1150. The van der Waals surface area contributed by atoms with Crippen LogP contribution >= 0.6 is 0 Å². The highest BCUT2D eigenvalue weighted by Crippen LogP contribution is 2.31. The molecule has 0 unspecified atom stereocenters. The molecule has 3 N–H and O–H groups in total. The molecule has 2 amide bonds. The minimum atomic E-state index is -0.636. The molecule has 3 aromatic heterocycles. The number of hydrogen-bond acceptors (Lipinski definition) is 5. The van der Waals surface area contributed by atoms with Crippen molar-refractivity contribution in [1.29, 1.82) is 0 Å². The van der Waals surface area contributed by atoms with Gasteiger partial charge >= 0.3 is 0 Å². The summed E-state index contributed by atoms with van der Waals surface area (Å²) in [6.45, 7) is 10.1. The summed E-state index contributed by atoms with van der Waals surface area (Å²) >= 11 is 0. The second-order valence-corrected chi connectivity index (χ2v) is 9.96. The van der Waals surface area contributed by atoms with Gasteiger partial charge in [-0.15, -0.1) is 0 Å². The summed E-state index contributed by atoms with van der Waals surface area (Å²) in [5.74, 6) is 0.210. The first-order valence-corrected chi connectivity index (χ1v) is 12.4. The zero-order valence-electron chi connectivity index (χ0n) is 21.1. The second-order valence-electron chi connectivity index (χ2n) is 9.96. The van der Waals surface area contributed by atoms with Crippen molar-refractivity contribution in [2.75, 3.05) is 5.32 Å². The van der Waals surface area contributed by atoms with Crippen LogP contribution in [0.2, 0.25) is 0 Å². The van der Waals surface area contributed by atoms with Crippen LogP contribution < -0.4 is 10.6 Å². The van der Waals surface area contributed by atoms with Gasteiger partial charge < -0.3 is 10.6 Å². The van der Waals surface area contributed by atoms with E-state index >= 15 is 0 Å². The molecule has 4 rings (SSSR count). The van der Waals surface area contributed by atoms with Crippen LogP contribution in [0, 0.1) is 25.7 Å². The van der Waals surface area contributed by atoms with E-state index in [9.17, 15) is 9.59 Å². The number of aryl methyl sites for hydroxylation is 2. The monoisotopic (exact) mass is 477 g/mol. The number of nitrogens with one attached hydrogen (secondary N) is 3. The third-order valence-corrected chi connectivity index (χ3v) is 6.91. The summed E-state index contributed by atoms with van der Waals surface area (Å²) in [6.07, 6.45) is 7.16. The van der Waals surface area contributed by atoms with Crippen molar-refractivity contribution in [3.8, 4) is 11.3 Å². The Morgan fingerprint density at radius 3 is 2.46 bits per heavy atom. The van der Waals surface area contributed by atoms with Gasteiger partial charge in [0.25, 0.3) is 5.91 Å². The number of carbonyl (C=O) groups excluding carboxylic acids is 2. The van der Waals surface area contributed by atoms with Gasteiger partial charge in [0.2, 0.25) is 5.91 Å². The first-order chi connectivity index (χ1) is 16.7. The molecule has 0 radical (unpaired) electrons. The van der Waals surface area contributed by atoms with Crippen molar-refractivity contribution < 1.29 is 9.59 Å². The molecule has 35 heavy (non-hydrogen) atoms. The summed E-state index contributed by atoms with van der Waals surface area (Å²) < 4.78 is 1.68. The van der Waals surface area contributed by atoms with Crippen LogP contribution in [0.1, 0.15) is 74.4 Å². The van der Waals surface area contributed by atoms with E-state index in [-0.39, 0.29) is 23.8 Å². The zero-order chi connectivity index (χ0) is 25.1. The predicted molar refractivity (Wildman–Crippen MR) is 135 cm³/mol. The van der Waals surface area contributed by atoms with Crippen molar-refractivity contribution >= 4 is 17.5 Å². The van der Waals surface area contributed by atoms with Crippen LogP contribution in [0.25, 0.3) is 11.3 Å². The lowest BCUT2D eigenvalue weighted by Crippen LogP contribution is -2.49. The summed E-state index contributed by atoms with van der Waals surface area (Å²) in [6, 6.07) is 4.80. The maximum Gasteiger partial charge on any atom is 0.270 e. The van der Waals surface area contributed by atoms with Crippen LogP contribution in [0.3, 0.4) is 0 Å². The number of pyridine rings is 1. The number of aromatic nitrogens is 5. The number of anilines is 1. The average molecular weight is 478 g/mol. The normalized spacial score (nSPS) is 18.9. The second kappa shape index (κ2) is 10.4. The van der Waals surface area contributed by atoms with Crippen LogP contribution in [0.15, 0.2) is 30.6 Å². The number of rotatable bonds is 7. The lowest BCUT2D eigenvalue weighted by atomic mass is 9.79. The molecule has 9 nitrogen and oxygen atoms in total. The lowest BCUT2D eigenvalue weighted by Gasteiger charge is -2.32. The summed E-state index contributed by atoms with van der Waals surface area (Å²) in [7, 11) is 0. The maximum absolute atomic E-state index is 13.4. The van der Waals surface area contributed by atoms with Gasteiger partial charge in [0.15, 0.2) is 0 Å². The highest BCUT2D eigenvalue weighted by Gasteiger charge is 2.33. The standard InChI is InChI=1S/C26H35N7O2/c1-15(2)33-22(12-13-28-33)25(34)30-24(19-8-6-16(3)7-9-19)26(35)29-20-10-11-21(27-14-20)23-17(4)31-32-18(23)5/h10-16,19,24H,6-9H2,1-5H3,(H,29,35)(H,30,34)(H,31,32)/t16-,19-,24-/m0/s1. The molecule has 0 bridgehead atoms. The molecular formula is C26H35N7O2. The van der Waals surface area contributed by atoms with E-state index in [0.29, 0.717) is 17.3 Å². The van der Waals surface area contributed by atoms with Crippen molar-refractivity contribution in [1.82, 2.24) is 30.3 Å². The van der Waals surface area contributed by atoms with E-state index in [1.54, 1.807) is 23.1 Å². The van der Waals surface area contributed by atoms with Crippen LogP contribution in [0.5, 0.6) is 0 Å². The Morgan fingerprint density at radius 2 is 1.86 bits per heavy atom. The Balaban J connectivity index is 1.52. The quantitative estimate of drug-likeness (QED) is 0.465. The fourth-order valence-corrected chi connectivity index (χ4v) is 4.90. The lowest BCUT2D eigenvalue weighted by molar-refractivity contribution is -0.119. The fraction of sp³-hybridized carbons (Fsp3) is 0.500. The number of carbonyl (C=O) groups is 2. The molecule has 1 aliphatic rings. The van der Waals surface area contributed by atoms with E-state index in [1.165, 1.54) is 0 Å². The molecule has 1 atom stereocenters. The molecule has 0 spiro atoms.